The molecule has 6 heteroatoms. The molecule has 0 fully saturated rings. The standard InChI is InChI=1S/C25H16BrNO4/c1-27-14-16(19-4-2-3-5-21(19)27)12-23-24(28)20-11-10-18(13-22(20)31-23)30-25(29)15-6-8-17(26)9-7-15/h2-14H,1H3. The molecule has 5 rings (SSSR count). The van der Waals surface area contributed by atoms with Crippen molar-refractivity contribution in [2.45, 2.75) is 0 Å². The summed E-state index contributed by atoms with van der Waals surface area (Å²) in [6.45, 7) is 0. The Morgan fingerprint density at radius 1 is 1.06 bits per heavy atom. The van der Waals surface area contributed by atoms with Crippen molar-refractivity contribution in [1.82, 2.24) is 4.57 Å². The lowest BCUT2D eigenvalue weighted by molar-refractivity contribution is 0.0734. The summed E-state index contributed by atoms with van der Waals surface area (Å²) in [6, 6.07) is 19.6. The molecule has 1 aliphatic rings. The third-order valence-corrected chi connectivity index (χ3v) is 5.67. The number of aryl methyl sites for hydroxylation is 1. The molecule has 0 radical (unpaired) electrons. The molecular weight excluding hydrogens is 458 g/mol. The number of carbonyl (C=O) groups excluding carboxylic acids is 2. The van der Waals surface area contributed by atoms with Crippen molar-refractivity contribution < 1.29 is 19.1 Å². The maximum absolute atomic E-state index is 12.8. The van der Waals surface area contributed by atoms with Gasteiger partial charge in [-0.1, -0.05) is 34.1 Å². The van der Waals surface area contributed by atoms with Crippen LogP contribution in [0.15, 0.2) is 83.2 Å². The van der Waals surface area contributed by atoms with E-state index < -0.39 is 5.97 Å². The van der Waals surface area contributed by atoms with Crippen LogP contribution in [0.3, 0.4) is 0 Å². The highest BCUT2D eigenvalue weighted by atomic mass is 79.9. The molecule has 0 bridgehead atoms. The van der Waals surface area contributed by atoms with E-state index in [0.29, 0.717) is 22.6 Å². The van der Waals surface area contributed by atoms with Gasteiger partial charge in [0.15, 0.2) is 5.76 Å². The van der Waals surface area contributed by atoms with Gasteiger partial charge in [-0.3, -0.25) is 4.79 Å². The van der Waals surface area contributed by atoms with Gasteiger partial charge in [0.1, 0.15) is 11.5 Å². The van der Waals surface area contributed by atoms with Crippen molar-refractivity contribution >= 4 is 44.7 Å². The lowest BCUT2D eigenvalue weighted by Gasteiger charge is -2.05. The number of ketones is 1. The van der Waals surface area contributed by atoms with Gasteiger partial charge in [0.2, 0.25) is 5.78 Å². The molecule has 1 aliphatic heterocycles. The van der Waals surface area contributed by atoms with Gasteiger partial charge in [-0.05, 0) is 48.5 Å². The molecule has 0 saturated carbocycles. The first-order chi connectivity index (χ1) is 15.0. The first-order valence-corrected chi connectivity index (χ1v) is 10.4. The van der Waals surface area contributed by atoms with Gasteiger partial charge in [0.25, 0.3) is 0 Å². The van der Waals surface area contributed by atoms with E-state index in [9.17, 15) is 9.59 Å². The van der Waals surface area contributed by atoms with E-state index in [1.807, 2.05) is 42.1 Å². The number of rotatable bonds is 3. The number of benzene rings is 3. The lowest BCUT2D eigenvalue weighted by Crippen LogP contribution is -2.08. The Hall–Kier alpha value is -3.64. The number of para-hydroxylation sites is 1. The average molecular weight is 474 g/mol. The Kier molecular flexibility index (Phi) is 4.71. The normalized spacial score (nSPS) is 14.0. The number of ether oxygens (including phenoxy) is 2. The largest absolute Gasteiger partial charge is 0.452 e. The van der Waals surface area contributed by atoms with Crippen LogP contribution in [0.2, 0.25) is 0 Å². The highest BCUT2D eigenvalue weighted by Crippen LogP contribution is 2.36. The minimum absolute atomic E-state index is 0.200. The fourth-order valence-electron chi connectivity index (χ4n) is 3.61. The zero-order valence-corrected chi connectivity index (χ0v) is 18.0. The summed E-state index contributed by atoms with van der Waals surface area (Å²) in [5, 5.41) is 1.04. The van der Waals surface area contributed by atoms with Crippen molar-refractivity contribution in [2.75, 3.05) is 0 Å². The van der Waals surface area contributed by atoms with Gasteiger partial charge in [-0.2, -0.15) is 0 Å². The highest BCUT2D eigenvalue weighted by Gasteiger charge is 2.28. The first-order valence-electron chi connectivity index (χ1n) is 9.60. The molecule has 5 nitrogen and oxygen atoms in total. The second kappa shape index (κ2) is 7.56. The third kappa shape index (κ3) is 3.55. The van der Waals surface area contributed by atoms with Crippen LogP contribution in [-0.2, 0) is 7.05 Å². The minimum Gasteiger partial charge on any atom is -0.452 e. The summed E-state index contributed by atoms with van der Waals surface area (Å²) in [7, 11) is 1.96. The Morgan fingerprint density at radius 3 is 2.65 bits per heavy atom. The molecule has 3 aromatic carbocycles. The monoisotopic (exact) mass is 473 g/mol. The van der Waals surface area contributed by atoms with E-state index >= 15 is 0 Å². The topological polar surface area (TPSA) is 57.5 Å². The summed E-state index contributed by atoms with van der Waals surface area (Å²) in [5.41, 5.74) is 2.84. The second-order valence-corrected chi connectivity index (χ2v) is 8.12. The van der Waals surface area contributed by atoms with Crippen LogP contribution >= 0.6 is 15.9 Å². The fourth-order valence-corrected chi connectivity index (χ4v) is 3.88. The molecule has 0 atom stereocenters. The van der Waals surface area contributed by atoms with Crippen molar-refractivity contribution in [2.24, 2.45) is 7.05 Å². The van der Waals surface area contributed by atoms with Crippen molar-refractivity contribution in [1.29, 1.82) is 0 Å². The Balaban J connectivity index is 1.41. The van der Waals surface area contributed by atoms with Crippen molar-refractivity contribution in [3.05, 3.63) is 99.8 Å². The van der Waals surface area contributed by atoms with Gasteiger partial charge < -0.3 is 14.0 Å². The molecule has 0 N–H and O–H groups in total. The second-order valence-electron chi connectivity index (χ2n) is 7.21. The molecule has 0 saturated heterocycles. The summed E-state index contributed by atoms with van der Waals surface area (Å²) >= 11 is 3.34. The molecular formula is C25H16BrNO4. The molecule has 0 spiro atoms. The summed E-state index contributed by atoms with van der Waals surface area (Å²) in [4.78, 5) is 25.2. The Bertz CT molecular complexity index is 1380. The molecule has 4 aromatic rings. The van der Waals surface area contributed by atoms with Crippen LogP contribution in [0.25, 0.3) is 17.0 Å². The number of Topliss-reactive ketones (excluding diaryl/α,β-unsaturated/α-hetero) is 1. The highest BCUT2D eigenvalue weighted by molar-refractivity contribution is 9.10. The van der Waals surface area contributed by atoms with Gasteiger partial charge >= 0.3 is 5.97 Å². The number of hydrogen-bond acceptors (Lipinski definition) is 4. The summed E-state index contributed by atoms with van der Waals surface area (Å²) in [5.74, 6) is 0.239. The zero-order valence-electron chi connectivity index (χ0n) is 16.5. The van der Waals surface area contributed by atoms with Gasteiger partial charge in [-0.25, -0.2) is 4.79 Å². The number of carbonyl (C=O) groups is 2. The van der Waals surface area contributed by atoms with E-state index in [4.69, 9.17) is 9.47 Å². The van der Waals surface area contributed by atoms with E-state index in [2.05, 4.69) is 15.9 Å². The zero-order chi connectivity index (χ0) is 21.5. The smallest absolute Gasteiger partial charge is 0.343 e. The maximum atomic E-state index is 12.8. The molecule has 0 aliphatic carbocycles. The number of esters is 1. The molecule has 152 valence electrons. The first kappa shape index (κ1) is 19.3. The van der Waals surface area contributed by atoms with Crippen molar-refractivity contribution in [3.8, 4) is 11.5 Å². The molecule has 2 heterocycles. The van der Waals surface area contributed by atoms with Crippen molar-refractivity contribution in [3.63, 3.8) is 0 Å². The quantitative estimate of drug-likeness (QED) is 0.215. The van der Waals surface area contributed by atoms with Crippen LogP contribution in [0.5, 0.6) is 11.5 Å². The van der Waals surface area contributed by atoms with Crippen LogP contribution in [-0.4, -0.2) is 16.3 Å². The summed E-state index contributed by atoms with van der Waals surface area (Å²) < 4.78 is 14.2. The number of fused-ring (bicyclic) bond motifs is 2. The van der Waals surface area contributed by atoms with E-state index in [-0.39, 0.29) is 11.5 Å². The Morgan fingerprint density at radius 2 is 1.84 bits per heavy atom. The lowest BCUT2D eigenvalue weighted by atomic mass is 10.1. The minimum atomic E-state index is -0.483. The van der Waals surface area contributed by atoms with Crippen LogP contribution in [0.4, 0.5) is 0 Å². The average Bonchev–Trinajstić information content (AvgIpc) is 3.25. The fraction of sp³-hybridized carbons (Fsp3) is 0.0400. The van der Waals surface area contributed by atoms with Gasteiger partial charge in [-0.15, -0.1) is 0 Å². The number of hydrogen-bond donors (Lipinski definition) is 0. The van der Waals surface area contributed by atoms with Crippen LogP contribution < -0.4 is 9.47 Å². The third-order valence-electron chi connectivity index (χ3n) is 5.15. The number of aromatic nitrogens is 1. The van der Waals surface area contributed by atoms with E-state index in [1.54, 1.807) is 48.5 Å². The van der Waals surface area contributed by atoms with Gasteiger partial charge in [0, 0.05) is 40.2 Å². The van der Waals surface area contributed by atoms with Crippen LogP contribution in [0, 0.1) is 0 Å². The SMILES string of the molecule is Cn1cc(C=C2Oc3cc(OC(=O)c4ccc(Br)cc4)ccc3C2=O)c2ccccc21. The predicted octanol–water partition coefficient (Wildman–Crippen LogP) is 5.78. The molecule has 0 amide bonds. The van der Waals surface area contributed by atoms with E-state index in [1.165, 1.54) is 0 Å². The number of halogens is 1. The number of allylic oxidation sites excluding steroid dienone is 1. The summed E-state index contributed by atoms with van der Waals surface area (Å²) in [6.07, 6.45) is 3.71. The molecule has 0 unspecified atom stereocenters. The maximum Gasteiger partial charge on any atom is 0.343 e. The molecule has 31 heavy (non-hydrogen) atoms. The van der Waals surface area contributed by atoms with Crippen LogP contribution in [0.1, 0.15) is 26.3 Å². The number of nitrogens with zero attached hydrogens (tertiary/aromatic N) is 1. The van der Waals surface area contributed by atoms with E-state index in [0.717, 1.165) is 20.9 Å². The van der Waals surface area contributed by atoms with Gasteiger partial charge in [0.05, 0.1) is 11.1 Å². The molecule has 1 aromatic heterocycles. The predicted molar refractivity (Wildman–Crippen MR) is 121 cm³/mol. The Labute approximate surface area is 186 Å².